The second-order valence-corrected chi connectivity index (χ2v) is 9.96. The summed E-state index contributed by atoms with van der Waals surface area (Å²) in [6.45, 7) is 4.07. The predicted molar refractivity (Wildman–Crippen MR) is 89.9 cm³/mol. The maximum atomic E-state index is 12.9. The Labute approximate surface area is 157 Å². The van der Waals surface area contributed by atoms with Gasteiger partial charge in [-0.1, -0.05) is 6.92 Å². The van der Waals surface area contributed by atoms with Crippen LogP contribution in [0.2, 0.25) is 0 Å². The summed E-state index contributed by atoms with van der Waals surface area (Å²) in [5.41, 5.74) is -1.54. The maximum Gasteiger partial charge on any atom is 0.318 e. The molecular weight excluding hydrogens is 352 g/mol. The molecule has 4 heterocycles. The number of ether oxygens (including phenoxy) is 3. The third kappa shape index (κ3) is 1.47. The van der Waals surface area contributed by atoms with Crippen LogP contribution < -0.4 is 0 Å². The Morgan fingerprint density at radius 3 is 2.63 bits per heavy atom. The number of carbonyl (C=O) groups excluding carboxylic acids is 1. The molecule has 27 heavy (non-hydrogen) atoms. The van der Waals surface area contributed by atoms with Crippen molar-refractivity contribution in [1.82, 2.24) is 0 Å². The van der Waals surface area contributed by atoms with Gasteiger partial charge in [0.05, 0.1) is 24.7 Å². The summed E-state index contributed by atoms with van der Waals surface area (Å²) >= 11 is 0. The van der Waals surface area contributed by atoms with E-state index in [1.54, 1.807) is 6.92 Å². The normalized spacial score (nSPS) is 63.1. The standard InChI is InChI=1S/C20H26O7/c1-16-4-3-10-11(20(16,24)25-8-13(16)21)7-12-14-17(2,15(22)27-12)19(23)6-5-18(10,14)9-26-19/h7,10,12-14,21,23-24H,3-6,8-9H2,1-2H3/t10-,12-,13+,14+,16+,17+,18+,19+,20+/m1/s1. The fourth-order valence-corrected chi connectivity index (χ4v) is 7.51. The summed E-state index contributed by atoms with van der Waals surface area (Å²) in [7, 11) is 0. The minimum atomic E-state index is -1.56. The zero-order chi connectivity index (χ0) is 19.0. The molecule has 0 aromatic heterocycles. The molecule has 7 nitrogen and oxygen atoms in total. The van der Waals surface area contributed by atoms with Crippen LogP contribution in [0.4, 0.5) is 0 Å². The summed E-state index contributed by atoms with van der Waals surface area (Å²) in [6.07, 6.45) is 3.09. The highest BCUT2D eigenvalue weighted by Crippen LogP contribution is 2.73. The van der Waals surface area contributed by atoms with E-state index >= 15 is 0 Å². The lowest BCUT2D eigenvalue weighted by Gasteiger charge is -2.66. The Bertz CT molecular complexity index is 783. The van der Waals surface area contributed by atoms with Crippen molar-refractivity contribution in [1.29, 1.82) is 0 Å². The summed E-state index contributed by atoms with van der Waals surface area (Å²) < 4.78 is 17.5. The second-order valence-electron chi connectivity index (χ2n) is 9.96. The van der Waals surface area contributed by atoms with Crippen molar-refractivity contribution in [3.8, 4) is 0 Å². The molecule has 6 fully saturated rings. The van der Waals surface area contributed by atoms with Crippen LogP contribution in [0.15, 0.2) is 11.6 Å². The predicted octanol–water partition coefficient (Wildman–Crippen LogP) is 0.469. The van der Waals surface area contributed by atoms with Crippen molar-refractivity contribution in [3.05, 3.63) is 11.6 Å². The van der Waals surface area contributed by atoms with Crippen LogP contribution in [0, 0.1) is 28.1 Å². The molecule has 9 atom stereocenters. The zero-order valence-electron chi connectivity index (χ0n) is 15.6. The smallest absolute Gasteiger partial charge is 0.318 e. The van der Waals surface area contributed by atoms with E-state index < -0.39 is 40.6 Å². The molecule has 7 aliphatic rings. The third-order valence-corrected chi connectivity index (χ3v) is 9.27. The largest absolute Gasteiger partial charge is 0.457 e. The van der Waals surface area contributed by atoms with E-state index in [1.807, 2.05) is 13.0 Å². The highest BCUT2D eigenvalue weighted by atomic mass is 16.6. The van der Waals surface area contributed by atoms with Crippen molar-refractivity contribution in [2.75, 3.05) is 13.2 Å². The van der Waals surface area contributed by atoms with Crippen molar-refractivity contribution in [2.24, 2.45) is 28.1 Å². The van der Waals surface area contributed by atoms with E-state index in [0.717, 1.165) is 12.0 Å². The molecule has 148 valence electrons. The van der Waals surface area contributed by atoms with Crippen molar-refractivity contribution in [2.45, 2.75) is 63.3 Å². The van der Waals surface area contributed by atoms with Crippen LogP contribution in [0.25, 0.3) is 0 Å². The Balaban J connectivity index is 1.57. The van der Waals surface area contributed by atoms with Gasteiger partial charge in [0.2, 0.25) is 0 Å². The molecule has 0 radical (unpaired) electrons. The molecule has 7 rings (SSSR count). The Morgan fingerprint density at radius 1 is 1.15 bits per heavy atom. The molecule has 4 aliphatic heterocycles. The molecule has 0 aromatic rings. The van der Waals surface area contributed by atoms with Gasteiger partial charge in [-0.25, -0.2) is 0 Å². The SMILES string of the molecule is C[C@@]12CC[C@@H]3C(=C[C@H]4OC(=O)[C@]5(C)[C@H]4[C@]34CC[C@]5(O)OC4)[C@]1(O)OC[C@@H]2O. The van der Waals surface area contributed by atoms with Gasteiger partial charge in [0.25, 0.3) is 0 Å². The molecule has 0 aromatic carbocycles. The van der Waals surface area contributed by atoms with Crippen LogP contribution in [-0.4, -0.2) is 58.3 Å². The van der Waals surface area contributed by atoms with Crippen molar-refractivity contribution >= 4 is 5.97 Å². The van der Waals surface area contributed by atoms with E-state index in [9.17, 15) is 20.1 Å². The minimum Gasteiger partial charge on any atom is -0.457 e. The number of hydrogen-bond acceptors (Lipinski definition) is 7. The molecule has 2 saturated carbocycles. The van der Waals surface area contributed by atoms with E-state index in [2.05, 4.69) is 0 Å². The molecular formula is C20H26O7. The summed E-state index contributed by atoms with van der Waals surface area (Å²) in [6, 6.07) is 0. The van der Waals surface area contributed by atoms with E-state index in [0.29, 0.717) is 25.9 Å². The van der Waals surface area contributed by atoms with Crippen LogP contribution >= 0.6 is 0 Å². The van der Waals surface area contributed by atoms with Crippen molar-refractivity contribution < 1.29 is 34.3 Å². The summed E-state index contributed by atoms with van der Waals surface area (Å²) in [5.74, 6) is -3.69. The Kier molecular flexibility index (Phi) is 2.78. The van der Waals surface area contributed by atoms with Crippen molar-refractivity contribution in [3.63, 3.8) is 0 Å². The van der Waals surface area contributed by atoms with Gasteiger partial charge < -0.3 is 29.5 Å². The summed E-state index contributed by atoms with van der Waals surface area (Å²) in [4.78, 5) is 12.9. The highest BCUT2D eigenvalue weighted by molar-refractivity contribution is 5.82. The lowest BCUT2D eigenvalue weighted by molar-refractivity contribution is -0.370. The van der Waals surface area contributed by atoms with Gasteiger partial charge in [0.15, 0.2) is 11.6 Å². The third-order valence-electron chi connectivity index (χ3n) is 9.27. The van der Waals surface area contributed by atoms with Crippen LogP contribution in [-0.2, 0) is 19.0 Å². The Hall–Kier alpha value is -0.990. The van der Waals surface area contributed by atoms with Crippen LogP contribution in [0.5, 0.6) is 0 Å². The van der Waals surface area contributed by atoms with Gasteiger partial charge in [-0.2, -0.15) is 0 Å². The topological polar surface area (TPSA) is 105 Å². The number of rotatable bonds is 0. The van der Waals surface area contributed by atoms with Gasteiger partial charge in [-0.05, 0) is 43.8 Å². The zero-order valence-corrected chi connectivity index (χ0v) is 15.6. The van der Waals surface area contributed by atoms with E-state index in [4.69, 9.17) is 14.2 Å². The first kappa shape index (κ1) is 16.9. The second kappa shape index (κ2) is 4.44. The number of aliphatic hydroxyl groups is 3. The first-order valence-electron chi connectivity index (χ1n) is 9.96. The number of carbonyl (C=O) groups is 1. The molecule has 7 heteroatoms. The quantitative estimate of drug-likeness (QED) is 0.416. The number of fused-ring (bicyclic) bond motifs is 5. The van der Waals surface area contributed by atoms with Gasteiger partial charge in [-0.3, -0.25) is 4.79 Å². The lowest BCUT2D eigenvalue weighted by atomic mass is 9.41. The van der Waals surface area contributed by atoms with E-state index in [1.165, 1.54) is 0 Å². The average molecular weight is 378 g/mol. The lowest BCUT2D eigenvalue weighted by Crippen LogP contribution is -2.73. The monoisotopic (exact) mass is 378 g/mol. The van der Waals surface area contributed by atoms with Gasteiger partial charge in [0.1, 0.15) is 11.5 Å². The highest BCUT2D eigenvalue weighted by Gasteiger charge is 2.80. The molecule has 2 bridgehead atoms. The first-order chi connectivity index (χ1) is 12.6. The molecule has 0 unspecified atom stereocenters. The molecule has 1 spiro atoms. The number of hydrogen-bond donors (Lipinski definition) is 3. The van der Waals surface area contributed by atoms with Gasteiger partial charge >= 0.3 is 5.97 Å². The van der Waals surface area contributed by atoms with Crippen LogP contribution in [0.1, 0.15) is 39.5 Å². The Morgan fingerprint density at radius 2 is 1.93 bits per heavy atom. The minimum absolute atomic E-state index is 0.0270. The maximum absolute atomic E-state index is 12.9. The van der Waals surface area contributed by atoms with Gasteiger partial charge in [0, 0.05) is 17.8 Å². The van der Waals surface area contributed by atoms with Gasteiger partial charge in [-0.15, -0.1) is 0 Å². The molecule has 4 saturated heterocycles. The molecule has 3 aliphatic carbocycles. The number of esters is 1. The summed E-state index contributed by atoms with van der Waals surface area (Å²) in [5, 5.41) is 33.2. The molecule has 3 N–H and O–H groups in total. The first-order valence-corrected chi connectivity index (χ1v) is 9.96. The average Bonchev–Trinajstić information content (AvgIpc) is 3.05. The van der Waals surface area contributed by atoms with E-state index in [-0.39, 0.29) is 23.9 Å². The van der Waals surface area contributed by atoms with Crippen LogP contribution in [0.3, 0.4) is 0 Å². The fraction of sp³-hybridized carbons (Fsp3) is 0.850. The molecule has 0 amide bonds. The number of aliphatic hydroxyl groups excluding tert-OH is 1. The fourth-order valence-electron chi connectivity index (χ4n) is 7.51.